The van der Waals surface area contributed by atoms with Gasteiger partial charge in [-0.3, -0.25) is 13.9 Å². The number of hydrogen-bond acceptors (Lipinski definition) is 5. The Morgan fingerprint density at radius 1 is 1.14 bits per heavy atom. The van der Waals surface area contributed by atoms with Crippen molar-refractivity contribution in [2.75, 3.05) is 30.8 Å². The molecule has 0 fully saturated rings. The fourth-order valence-corrected chi connectivity index (χ4v) is 4.78. The van der Waals surface area contributed by atoms with Gasteiger partial charge >= 0.3 is 6.18 Å². The van der Waals surface area contributed by atoms with Gasteiger partial charge in [-0.15, -0.1) is 0 Å². The summed E-state index contributed by atoms with van der Waals surface area (Å²) >= 11 is 6.08. The molecule has 2 aromatic carbocycles. The van der Waals surface area contributed by atoms with Gasteiger partial charge < -0.3 is 15.0 Å². The number of rotatable bonds is 11. The van der Waals surface area contributed by atoms with Crippen molar-refractivity contribution < 1.29 is 35.9 Å². The maximum Gasteiger partial charge on any atom is 0.416 e. The van der Waals surface area contributed by atoms with Crippen LogP contribution in [0.4, 0.5) is 18.9 Å². The predicted molar refractivity (Wildman–Crippen MR) is 135 cm³/mol. The summed E-state index contributed by atoms with van der Waals surface area (Å²) in [7, 11) is -2.80. The number of ether oxygens (including phenoxy) is 1. The summed E-state index contributed by atoms with van der Waals surface area (Å²) in [5.41, 5.74) is -1.03. The van der Waals surface area contributed by atoms with Crippen molar-refractivity contribution in [3.05, 3.63) is 58.6 Å². The number of carbonyl (C=O) groups is 2. The minimum absolute atomic E-state index is 0.0837. The number of hydrogen-bond donors (Lipinski definition) is 1. The lowest BCUT2D eigenvalue weighted by Gasteiger charge is -2.33. The highest BCUT2D eigenvalue weighted by Crippen LogP contribution is 2.36. The van der Waals surface area contributed by atoms with Crippen LogP contribution in [0.5, 0.6) is 5.75 Å². The summed E-state index contributed by atoms with van der Waals surface area (Å²) in [5.74, 6) is -0.756. The summed E-state index contributed by atoms with van der Waals surface area (Å²) in [6, 6.07) is 7.97. The molecule has 0 aliphatic carbocycles. The molecule has 2 amide bonds. The first-order valence-corrected chi connectivity index (χ1v) is 13.5. The molecule has 0 aromatic heterocycles. The van der Waals surface area contributed by atoms with Crippen LogP contribution < -0.4 is 14.4 Å². The second-order valence-corrected chi connectivity index (χ2v) is 10.4. The normalized spacial score (nSPS) is 12.5. The van der Waals surface area contributed by atoms with E-state index in [-0.39, 0.29) is 18.0 Å². The summed E-state index contributed by atoms with van der Waals surface area (Å²) in [6.07, 6.45) is -3.81. The lowest BCUT2D eigenvalue weighted by atomic mass is 10.1. The van der Waals surface area contributed by atoms with Crippen LogP contribution >= 0.6 is 11.6 Å². The lowest BCUT2D eigenvalue weighted by molar-refractivity contribution is -0.140. The molecule has 0 spiro atoms. The minimum atomic E-state index is -4.77. The molecule has 0 aliphatic rings. The number of likely N-dealkylation sites (N-methyl/N-ethyl adjacent to an activating group) is 1. The van der Waals surface area contributed by atoms with E-state index in [1.165, 1.54) is 12.0 Å². The molecular formula is C24H29ClF3N3O5S. The molecular weight excluding hydrogens is 535 g/mol. The van der Waals surface area contributed by atoms with Crippen molar-refractivity contribution in [3.63, 3.8) is 0 Å². The first-order valence-electron chi connectivity index (χ1n) is 11.3. The molecule has 2 aromatic rings. The molecule has 8 nitrogen and oxygen atoms in total. The van der Waals surface area contributed by atoms with E-state index in [0.717, 1.165) is 12.3 Å². The summed E-state index contributed by atoms with van der Waals surface area (Å²) in [5, 5.41) is 2.36. The van der Waals surface area contributed by atoms with E-state index < -0.39 is 51.9 Å². The Hall–Kier alpha value is -2.99. The number of carbonyl (C=O) groups excluding carboxylic acids is 2. The van der Waals surface area contributed by atoms with Crippen LogP contribution in [0.2, 0.25) is 5.02 Å². The third kappa shape index (κ3) is 8.00. The number of halogens is 4. The van der Waals surface area contributed by atoms with Crippen molar-refractivity contribution in [2.45, 2.75) is 39.0 Å². The number of nitrogens with zero attached hydrogens (tertiary/aromatic N) is 2. The number of alkyl halides is 3. The van der Waals surface area contributed by atoms with Crippen LogP contribution in [-0.4, -0.2) is 57.6 Å². The van der Waals surface area contributed by atoms with Crippen LogP contribution in [0.15, 0.2) is 42.5 Å². The van der Waals surface area contributed by atoms with E-state index in [0.29, 0.717) is 34.3 Å². The van der Waals surface area contributed by atoms with E-state index in [9.17, 15) is 31.2 Å². The van der Waals surface area contributed by atoms with Gasteiger partial charge in [0.15, 0.2) is 0 Å². The first-order chi connectivity index (χ1) is 17.2. The molecule has 0 radical (unpaired) electrons. The quantitative estimate of drug-likeness (QED) is 0.444. The van der Waals surface area contributed by atoms with Gasteiger partial charge in [-0.2, -0.15) is 13.2 Å². The number of benzene rings is 2. The Balaban J connectivity index is 2.55. The predicted octanol–water partition coefficient (Wildman–Crippen LogP) is 4.08. The second-order valence-electron chi connectivity index (χ2n) is 8.13. The first kappa shape index (κ1) is 30.2. The average molecular weight is 564 g/mol. The fourth-order valence-electron chi connectivity index (χ4n) is 3.65. The zero-order valence-corrected chi connectivity index (χ0v) is 22.4. The molecule has 204 valence electrons. The molecule has 0 bridgehead atoms. The van der Waals surface area contributed by atoms with Gasteiger partial charge in [0.05, 0.1) is 29.6 Å². The van der Waals surface area contributed by atoms with E-state index in [2.05, 4.69) is 5.32 Å². The standard InChI is InChI=1S/C24H29ClF3N3O5S/c1-5-20(23(33)29-6-2)30(14-16-8-7-9-18(12-16)36-3)22(32)15-31(37(4,34)35)21-13-17(24(26,27)28)10-11-19(21)25/h7-13,20H,5-6,14-15H2,1-4H3,(H,29,33)/t20-/m0/s1. The second kappa shape index (κ2) is 12.5. The monoisotopic (exact) mass is 563 g/mol. The number of amides is 2. The van der Waals surface area contributed by atoms with Gasteiger partial charge in [-0.25, -0.2) is 8.42 Å². The Morgan fingerprint density at radius 2 is 1.81 bits per heavy atom. The maximum absolute atomic E-state index is 13.6. The lowest BCUT2D eigenvalue weighted by Crippen LogP contribution is -2.52. The Kier molecular flexibility index (Phi) is 10.2. The molecule has 37 heavy (non-hydrogen) atoms. The Bertz CT molecular complexity index is 1220. The van der Waals surface area contributed by atoms with Crippen LogP contribution in [-0.2, 0) is 32.3 Å². The highest BCUT2D eigenvalue weighted by atomic mass is 35.5. The van der Waals surface area contributed by atoms with Gasteiger partial charge in [0, 0.05) is 13.1 Å². The van der Waals surface area contributed by atoms with E-state index in [1.807, 2.05) is 0 Å². The summed E-state index contributed by atoms with van der Waals surface area (Å²) < 4.78 is 71.0. The van der Waals surface area contributed by atoms with E-state index in [4.69, 9.17) is 16.3 Å². The number of nitrogens with one attached hydrogen (secondary N) is 1. The van der Waals surface area contributed by atoms with Gasteiger partial charge in [0.1, 0.15) is 18.3 Å². The molecule has 0 saturated heterocycles. The Labute approximate surface area is 219 Å². The van der Waals surface area contributed by atoms with Crippen molar-refractivity contribution in [2.24, 2.45) is 0 Å². The SMILES string of the molecule is CCNC(=O)[C@H](CC)N(Cc1cccc(OC)c1)C(=O)CN(c1cc(C(F)(F)F)ccc1Cl)S(C)(=O)=O. The van der Waals surface area contributed by atoms with Crippen molar-refractivity contribution >= 4 is 39.1 Å². The largest absolute Gasteiger partial charge is 0.497 e. The summed E-state index contributed by atoms with van der Waals surface area (Å²) in [4.78, 5) is 27.6. The molecule has 0 aliphatic heterocycles. The van der Waals surface area contributed by atoms with Crippen molar-refractivity contribution in [3.8, 4) is 5.75 Å². The van der Waals surface area contributed by atoms with Gasteiger partial charge in [0.25, 0.3) is 0 Å². The van der Waals surface area contributed by atoms with Gasteiger partial charge in [0.2, 0.25) is 21.8 Å². The molecule has 0 saturated carbocycles. The van der Waals surface area contributed by atoms with Crippen LogP contribution in [0.3, 0.4) is 0 Å². The average Bonchev–Trinajstić information content (AvgIpc) is 2.81. The topological polar surface area (TPSA) is 96.0 Å². The smallest absolute Gasteiger partial charge is 0.416 e. The highest BCUT2D eigenvalue weighted by molar-refractivity contribution is 7.92. The summed E-state index contributed by atoms with van der Waals surface area (Å²) in [6.45, 7) is 2.73. The fraction of sp³-hybridized carbons (Fsp3) is 0.417. The number of methoxy groups -OCH3 is 1. The molecule has 13 heteroatoms. The zero-order valence-electron chi connectivity index (χ0n) is 20.8. The third-order valence-electron chi connectivity index (χ3n) is 5.45. The Morgan fingerprint density at radius 3 is 2.35 bits per heavy atom. The van der Waals surface area contributed by atoms with Crippen molar-refractivity contribution in [1.29, 1.82) is 0 Å². The van der Waals surface area contributed by atoms with Crippen LogP contribution in [0.25, 0.3) is 0 Å². The molecule has 1 atom stereocenters. The third-order valence-corrected chi connectivity index (χ3v) is 6.89. The number of sulfonamides is 1. The van der Waals surface area contributed by atoms with Gasteiger partial charge in [-0.05, 0) is 49.2 Å². The molecule has 0 heterocycles. The van der Waals surface area contributed by atoms with E-state index >= 15 is 0 Å². The zero-order chi connectivity index (χ0) is 28.0. The maximum atomic E-state index is 13.6. The number of anilines is 1. The molecule has 2 rings (SSSR count). The van der Waals surface area contributed by atoms with Crippen LogP contribution in [0, 0.1) is 0 Å². The van der Waals surface area contributed by atoms with Crippen LogP contribution in [0.1, 0.15) is 31.4 Å². The van der Waals surface area contributed by atoms with E-state index in [1.54, 1.807) is 38.1 Å². The van der Waals surface area contributed by atoms with Gasteiger partial charge in [-0.1, -0.05) is 30.7 Å². The minimum Gasteiger partial charge on any atom is -0.497 e. The molecule has 0 unspecified atom stereocenters. The molecule has 1 N–H and O–H groups in total. The van der Waals surface area contributed by atoms with Crippen molar-refractivity contribution in [1.82, 2.24) is 10.2 Å². The highest BCUT2D eigenvalue weighted by Gasteiger charge is 2.35.